The molecule has 4 rings (SSSR count). The van der Waals surface area contributed by atoms with Gasteiger partial charge in [-0.25, -0.2) is 21.6 Å². The number of alkyl halides is 3. The van der Waals surface area contributed by atoms with Crippen molar-refractivity contribution in [2.75, 3.05) is 30.7 Å². The number of rotatable bonds is 3. The smallest absolute Gasteiger partial charge is 0.319 e. The van der Waals surface area contributed by atoms with Crippen LogP contribution in [-0.4, -0.2) is 68.8 Å². The average molecular weight is 586 g/mol. The fourth-order valence-electron chi connectivity index (χ4n) is 4.35. The first-order valence-electron chi connectivity index (χ1n) is 10.6. The fraction of sp³-hybridized carbons (Fsp3) is 0.381. The zero-order chi connectivity index (χ0) is 26.5. The minimum Gasteiger partial charge on any atom is -0.319 e. The van der Waals surface area contributed by atoms with Crippen molar-refractivity contribution in [3.05, 3.63) is 58.1 Å². The van der Waals surface area contributed by atoms with E-state index in [4.69, 9.17) is 23.2 Å². The molecular formula is C21H20Cl2F3N3O5S2. The minimum atomic E-state index is -4.74. The van der Waals surface area contributed by atoms with Crippen LogP contribution in [0.5, 0.6) is 0 Å². The van der Waals surface area contributed by atoms with Crippen LogP contribution in [0.15, 0.2) is 47.4 Å². The molecule has 1 N–H and O–H groups in total. The molecular weight excluding hydrogens is 566 g/mol. The molecule has 15 heteroatoms. The van der Waals surface area contributed by atoms with Gasteiger partial charge in [-0.3, -0.25) is 0 Å². The van der Waals surface area contributed by atoms with E-state index in [1.54, 1.807) is 0 Å². The lowest BCUT2D eigenvalue weighted by molar-refractivity contribution is -0.137. The Hall–Kier alpha value is -2.06. The Bertz CT molecular complexity index is 1400. The second-order valence-corrected chi connectivity index (χ2v) is 13.5. The Kier molecular flexibility index (Phi) is 7.25. The van der Waals surface area contributed by atoms with Crippen LogP contribution in [-0.2, 0) is 26.0 Å². The van der Waals surface area contributed by atoms with E-state index in [0.29, 0.717) is 11.8 Å². The molecule has 2 aliphatic rings. The third-order valence-electron chi connectivity index (χ3n) is 6.20. The molecule has 2 atom stereocenters. The topological polar surface area (TPSA) is 104 Å². The third kappa shape index (κ3) is 5.30. The number of nitrogens with one attached hydrogen (secondary N) is 1. The van der Waals surface area contributed by atoms with E-state index in [1.807, 2.05) is 0 Å². The van der Waals surface area contributed by atoms with Gasteiger partial charge in [0.2, 0.25) is 10.0 Å². The number of anilines is 1. The second-order valence-electron chi connectivity index (χ2n) is 8.40. The van der Waals surface area contributed by atoms with Crippen LogP contribution >= 0.6 is 23.2 Å². The predicted molar refractivity (Wildman–Crippen MR) is 128 cm³/mol. The summed E-state index contributed by atoms with van der Waals surface area (Å²) in [6.07, 6.45) is -4.76. The van der Waals surface area contributed by atoms with Gasteiger partial charge in [-0.05, 0) is 42.8 Å². The molecule has 2 fully saturated rings. The molecule has 2 heterocycles. The fourth-order valence-corrected chi connectivity index (χ4v) is 8.19. The number of sulfonamides is 1. The Balaban J connectivity index is 1.56. The number of urea groups is 1. The van der Waals surface area contributed by atoms with Crippen molar-refractivity contribution in [3.8, 4) is 0 Å². The highest BCUT2D eigenvalue weighted by atomic mass is 35.5. The quantitative estimate of drug-likeness (QED) is 0.584. The van der Waals surface area contributed by atoms with Crippen LogP contribution < -0.4 is 5.32 Å². The third-order valence-corrected chi connectivity index (χ3v) is 10.9. The van der Waals surface area contributed by atoms with Crippen molar-refractivity contribution in [3.63, 3.8) is 0 Å². The molecule has 2 aliphatic heterocycles. The summed E-state index contributed by atoms with van der Waals surface area (Å²) in [6, 6.07) is 6.32. The van der Waals surface area contributed by atoms with Gasteiger partial charge < -0.3 is 10.2 Å². The van der Waals surface area contributed by atoms with E-state index < -0.39 is 60.4 Å². The number of benzene rings is 2. The van der Waals surface area contributed by atoms with Crippen molar-refractivity contribution in [2.24, 2.45) is 0 Å². The maximum Gasteiger partial charge on any atom is 0.416 e. The maximum absolute atomic E-state index is 13.1. The normalized spacial score (nSPS) is 22.6. The van der Waals surface area contributed by atoms with Crippen molar-refractivity contribution in [1.82, 2.24) is 9.21 Å². The largest absolute Gasteiger partial charge is 0.416 e. The number of fused-ring (bicyclic) bond motifs is 1. The number of piperidine rings is 1. The molecule has 8 nitrogen and oxygen atoms in total. The van der Waals surface area contributed by atoms with Gasteiger partial charge in [-0.15, -0.1) is 0 Å². The van der Waals surface area contributed by atoms with Crippen molar-refractivity contribution >= 4 is 54.8 Å². The number of hydrogen-bond donors (Lipinski definition) is 1. The molecule has 196 valence electrons. The molecule has 36 heavy (non-hydrogen) atoms. The number of halogens is 5. The molecule has 2 amide bonds. The summed E-state index contributed by atoms with van der Waals surface area (Å²) in [5.74, 6) is -0.388. The average Bonchev–Trinajstić information content (AvgIpc) is 2.81. The Morgan fingerprint density at radius 1 is 1.06 bits per heavy atom. The summed E-state index contributed by atoms with van der Waals surface area (Å²) in [5.41, 5.74) is -0.794. The molecule has 2 unspecified atom stereocenters. The monoisotopic (exact) mass is 585 g/mol. The van der Waals surface area contributed by atoms with E-state index in [1.165, 1.54) is 23.1 Å². The van der Waals surface area contributed by atoms with Gasteiger partial charge in [-0.1, -0.05) is 29.3 Å². The number of nitrogens with zero attached hydrogens (tertiary/aromatic N) is 2. The summed E-state index contributed by atoms with van der Waals surface area (Å²) in [7, 11) is -8.21. The summed E-state index contributed by atoms with van der Waals surface area (Å²) in [5, 5.41) is 1.90. The Labute approximate surface area is 215 Å². The van der Waals surface area contributed by atoms with Gasteiger partial charge in [0.05, 0.1) is 37.5 Å². The molecule has 0 radical (unpaired) electrons. The number of hydrogen-bond acceptors (Lipinski definition) is 5. The molecule has 0 spiro atoms. The standard InChI is InChI=1S/C21H20Cl2F3N3O5S2/c22-16-5-4-14(11-17(16)23)27-20(30)29-8-9-35(31,32)19-12-28(7-6-18(19)29)36(33,34)15-3-1-2-13(10-15)21(24,25)26/h1-5,10-11,18-19H,6-9,12H2,(H,27,30). The number of carbonyl (C=O) groups excluding carboxylic acids is 1. The molecule has 2 aromatic carbocycles. The highest BCUT2D eigenvalue weighted by Crippen LogP contribution is 2.34. The minimum absolute atomic E-state index is 0.0170. The molecule has 0 aliphatic carbocycles. The zero-order valence-electron chi connectivity index (χ0n) is 18.4. The summed E-state index contributed by atoms with van der Waals surface area (Å²) in [4.78, 5) is 13.7. The molecule has 2 aromatic rings. The van der Waals surface area contributed by atoms with Gasteiger partial charge in [-0.2, -0.15) is 17.5 Å². The molecule has 0 aromatic heterocycles. The van der Waals surface area contributed by atoms with Crippen molar-refractivity contribution < 1.29 is 34.8 Å². The first-order chi connectivity index (χ1) is 16.7. The van der Waals surface area contributed by atoms with Gasteiger partial charge in [0, 0.05) is 25.3 Å². The van der Waals surface area contributed by atoms with Crippen LogP contribution in [0.1, 0.15) is 12.0 Å². The lowest BCUT2D eigenvalue weighted by Gasteiger charge is -2.45. The Morgan fingerprint density at radius 2 is 1.78 bits per heavy atom. The summed E-state index contributed by atoms with van der Waals surface area (Å²) >= 11 is 11.9. The highest BCUT2D eigenvalue weighted by Gasteiger charge is 2.48. The van der Waals surface area contributed by atoms with E-state index in [9.17, 15) is 34.8 Å². The van der Waals surface area contributed by atoms with Gasteiger partial charge in [0.25, 0.3) is 0 Å². The number of sulfone groups is 1. The van der Waals surface area contributed by atoms with Crippen LogP contribution in [0, 0.1) is 0 Å². The van der Waals surface area contributed by atoms with Gasteiger partial charge >= 0.3 is 12.2 Å². The SMILES string of the molecule is O=C(Nc1ccc(Cl)c(Cl)c1)N1CCS(=O)(=O)C2CN(S(=O)(=O)c3cccc(C(F)(F)F)c3)CCC21. The van der Waals surface area contributed by atoms with E-state index >= 15 is 0 Å². The van der Waals surface area contributed by atoms with Crippen molar-refractivity contribution in [1.29, 1.82) is 0 Å². The molecule has 0 saturated carbocycles. The van der Waals surface area contributed by atoms with E-state index in [-0.39, 0.29) is 35.3 Å². The van der Waals surface area contributed by atoms with Gasteiger partial charge in [0.15, 0.2) is 9.84 Å². The van der Waals surface area contributed by atoms with Crippen LogP contribution in [0.2, 0.25) is 10.0 Å². The van der Waals surface area contributed by atoms with Crippen LogP contribution in [0.3, 0.4) is 0 Å². The molecule has 2 saturated heterocycles. The summed E-state index contributed by atoms with van der Waals surface area (Å²) in [6.45, 7) is -0.759. The van der Waals surface area contributed by atoms with Gasteiger partial charge in [0.1, 0.15) is 0 Å². The number of carbonyl (C=O) groups is 1. The first kappa shape index (κ1) is 27.0. The summed E-state index contributed by atoms with van der Waals surface area (Å²) < 4.78 is 92.1. The predicted octanol–water partition coefficient (Wildman–Crippen LogP) is 4.11. The lowest BCUT2D eigenvalue weighted by Crippen LogP contribution is -2.64. The maximum atomic E-state index is 13.1. The highest BCUT2D eigenvalue weighted by molar-refractivity contribution is 7.92. The number of amides is 2. The van der Waals surface area contributed by atoms with Crippen molar-refractivity contribution in [2.45, 2.75) is 28.8 Å². The first-order valence-corrected chi connectivity index (χ1v) is 14.5. The van der Waals surface area contributed by atoms with E-state index in [2.05, 4.69) is 5.32 Å². The Morgan fingerprint density at radius 3 is 2.44 bits per heavy atom. The zero-order valence-corrected chi connectivity index (χ0v) is 21.5. The second kappa shape index (κ2) is 9.67. The van der Waals surface area contributed by atoms with Crippen LogP contribution in [0.25, 0.3) is 0 Å². The lowest BCUT2D eigenvalue weighted by atomic mass is 10.0. The molecule has 0 bridgehead atoms. The van der Waals surface area contributed by atoms with E-state index in [0.717, 1.165) is 22.5 Å². The van der Waals surface area contributed by atoms with Crippen LogP contribution in [0.4, 0.5) is 23.7 Å².